The molecule has 0 saturated heterocycles. The summed E-state index contributed by atoms with van der Waals surface area (Å²) in [6.07, 6.45) is 9.62. The maximum absolute atomic E-state index is 12.3. The third-order valence-corrected chi connectivity index (χ3v) is 9.65. The summed E-state index contributed by atoms with van der Waals surface area (Å²) in [7, 11) is 0. The van der Waals surface area contributed by atoms with Crippen LogP contribution in [-0.4, -0.2) is 24.1 Å². The third-order valence-electron chi connectivity index (χ3n) is 9.54. The van der Waals surface area contributed by atoms with E-state index < -0.39 is 6.16 Å². The topological polar surface area (TPSA) is 52.6 Å². The van der Waals surface area contributed by atoms with E-state index >= 15 is 0 Å². The Bertz CT molecular complexity index is 636. The molecule has 4 nitrogen and oxygen atoms in total. The van der Waals surface area contributed by atoms with E-state index in [2.05, 4.69) is 13.8 Å². The van der Waals surface area contributed by atoms with Gasteiger partial charge in [0, 0.05) is 5.92 Å². The van der Waals surface area contributed by atoms with E-state index in [4.69, 9.17) is 21.1 Å². The highest BCUT2D eigenvalue weighted by molar-refractivity contribution is 6.17. The van der Waals surface area contributed by atoms with Crippen molar-refractivity contribution in [3.63, 3.8) is 0 Å². The molecule has 0 aromatic carbocycles. The van der Waals surface area contributed by atoms with Gasteiger partial charge in [0.15, 0.2) is 6.07 Å². The summed E-state index contributed by atoms with van der Waals surface area (Å²) < 4.78 is 10.3. The highest BCUT2D eigenvalue weighted by Gasteiger charge is 2.60. The standard InChI is InChI=1S/C23H35ClO4/c1-14(25)18-6-7-19-17-5-4-15-12-16(28-21(26)27-13-24)8-10-22(15,2)20(17)9-11-23(18,19)3/h15-20H,4-13H2,1-3H3/t15-,16+,17-,18?,19-,20-,22?,23+/m0/s1. The van der Waals surface area contributed by atoms with E-state index in [0.717, 1.165) is 37.5 Å². The molecule has 8 atom stereocenters. The van der Waals surface area contributed by atoms with Gasteiger partial charge in [0.05, 0.1) is 0 Å². The SMILES string of the molecule is CC(=O)C1CC[C@H]2[C@@H]3CC[C@H]4C[C@H](OC(=O)OCCl)CCC4(C)[C@H]3CC[C@]12C. The number of hydrogen-bond acceptors (Lipinski definition) is 4. The van der Waals surface area contributed by atoms with Crippen LogP contribution < -0.4 is 0 Å². The van der Waals surface area contributed by atoms with E-state index in [9.17, 15) is 9.59 Å². The molecule has 4 saturated carbocycles. The lowest BCUT2D eigenvalue weighted by Gasteiger charge is -2.61. The Morgan fingerprint density at radius 2 is 1.68 bits per heavy atom. The minimum atomic E-state index is -0.632. The lowest BCUT2D eigenvalue weighted by Crippen LogP contribution is -2.54. The number of ketones is 1. The summed E-state index contributed by atoms with van der Waals surface area (Å²) in [5, 5.41) is 0. The first-order valence-electron chi connectivity index (χ1n) is 11.2. The summed E-state index contributed by atoms with van der Waals surface area (Å²) >= 11 is 5.46. The quantitative estimate of drug-likeness (QED) is 0.426. The van der Waals surface area contributed by atoms with Crippen LogP contribution in [0.1, 0.15) is 78.6 Å². The van der Waals surface area contributed by atoms with Crippen LogP contribution in [0.4, 0.5) is 4.79 Å². The van der Waals surface area contributed by atoms with Crippen molar-refractivity contribution < 1.29 is 19.1 Å². The molecule has 0 radical (unpaired) electrons. The second-order valence-corrected chi connectivity index (χ2v) is 10.7. The number of ether oxygens (including phenoxy) is 2. The Hall–Kier alpha value is -0.770. The highest BCUT2D eigenvalue weighted by atomic mass is 35.5. The van der Waals surface area contributed by atoms with Crippen LogP contribution in [0.3, 0.4) is 0 Å². The zero-order chi connectivity index (χ0) is 20.1. The Morgan fingerprint density at radius 3 is 2.39 bits per heavy atom. The third kappa shape index (κ3) is 3.18. The zero-order valence-corrected chi connectivity index (χ0v) is 18.3. The van der Waals surface area contributed by atoms with Gasteiger partial charge in [0.1, 0.15) is 11.9 Å². The molecule has 4 aliphatic rings. The van der Waals surface area contributed by atoms with Crippen LogP contribution >= 0.6 is 11.6 Å². The van der Waals surface area contributed by atoms with E-state index in [-0.39, 0.29) is 23.5 Å². The Kier molecular flexibility index (Phi) is 5.48. The van der Waals surface area contributed by atoms with Crippen molar-refractivity contribution >= 4 is 23.5 Å². The molecule has 4 rings (SSSR count). The molecule has 28 heavy (non-hydrogen) atoms. The molecule has 0 N–H and O–H groups in total. The number of carbonyl (C=O) groups excluding carboxylic acids is 2. The maximum atomic E-state index is 12.3. The Labute approximate surface area is 174 Å². The first kappa shape index (κ1) is 20.5. The molecule has 0 amide bonds. The van der Waals surface area contributed by atoms with Crippen molar-refractivity contribution in [2.45, 2.75) is 84.7 Å². The van der Waals surface area contributed by atoms with E-state index in [1.807, 2.05) is 0 Å². The number of Topliss-reactive ketones (excluding diaryl/α,β-unsaturated/α-hetero) is 1. The van der Waals surface area contributed by atoms with Gasteiger partial charge in [-0.05, 0) is 99.2 Å². The van der Waals surface area contributed by atoms with Crippen molar-refractivity contribution in [2.75, 3.05) is 6.07 Å². The predicted molar refractivity (Wildman–Crippen MR) is 108 cm³/mol. The zero-order valence-electron chi connectivity index (χ0n) is 17.5. The first-order chi connectivity index (χ1) is 13.3. The number of rotatable bonds is 3. The molecular weight excluding hydrogens is 376 g/mol. The normalized spacial score (nSPS) is 47.4. The summed E-state index contributed by atoms with van der Waals surface area (Å²) in [5.74, 6) is 3.54. The molecule has 0 bridgehead atoms. The second kappa shape index (κ2) is 7.49. The molecular formula is C23H35ClO4. The van der Waals surface area contributed by atoms with Crippen molar-refractivity contribution in [1.82, 2.24) is 0 Å². The summed E-state index contributed by atoms with van der Waals surface area (Å²) in [5.41, 5.74) is 0.566. The molecule has 5 heteroatoms. The van der Waals surface area contributed by atoms with E-state index in [0.29, 0.717) is 23.0 Å². The van der Waals surface area contributed by atoms with E-state index in [1.54, 1.807) is 6.92 Å². The average molecular weight is 411 g/mol. The van der Waals surface area contributed by atoms with Gasteiger partial charge in [0.25, 0.3) is 0 Å². The maximum Gasteiger partial charge on any atom is 0.509 e. The van der Waals surface area contributed by atoms with Gasteiger partial charge in [-0.2, -0.15) is 0 Å². The van der Waals surface area contributed by atoms with Gasteiger partial charge < -0.3 is 9.47 Å². The van der Waals surface area contributed by atoms with Gasteiger partial charge >= 0.3 is 6.16 Å². The van der Waals surface area contributed by atoms with Crippen LogP contribution in [0.25, 0.3) is 0 Å². The monoisotopic (exact) mass is 410 g/mol. The molecule has 158 valence electrons. The Morgan fingerprint density at radius 1 is 0.964 bits per heavy atom. The lowest BCUT2D eigenvalue weighted by atomic mass is 9.44. The van der Waals surface area contributed by atoms with Crippen LogP contribution in [0.5, 0.6) is 0 Å². The number of alkyl halides is 1. The van der Waals surface area contributed by atoms with Gasteiger partial charge in [-0.15, -0.1) is 0 Å². The molecule has 4 aliphatic carbocycles. The highest BCUT2D eigenvalue weighted by Crippen LogP contribution is 2.67. The molecule has 0 aliphatic heterocycles. The number of carbonyl (C=O) groups is 2. The smallest absolute Gasteiger partial charge is 0.431 e. The van der Waals surface area contributed by atoms with Crippen molar-refractivity contribution in [3.8, 4) is 0 Å². The first-order valence-corrected chi connectivity index (χ1v) is 11.7. The second-order valence-electron chi connectivity index (χ2n) is 10.5. The van der Waals surface area contributed by atoms with E-state index in [1.165, 1.54) is 32.1 Å². The minimum Gasteiger partial charge on any atom is -0.431 e. The number of halogens is 1. The van der Waals surface area contributed by atoms with Crippen LogP contribution in [0.2, 0.25) is 0 Å². The lowest BCUT2D eigenvalue weighted by molar-refractivity contribution is -0.139. The van der Waals surface area contributed by atoms with Crippen molar-refractivity contribution in [2.24, 2.45) is 40.4 Å². The predicted octanol–water partition coefficient (Wildman–Crippen LogP) is 5.95. The van der Waals surface area contributed by atoms with Gasteiger partial charge in [-0.25, -0.2) is 4.79 Å². The molecule has 4 fully saturated rings. The Balaban J connectivity index is 1.47. The van der Waals surface area contributed by atoms with Crippen LogP contribution in [0.15, 0.2) is 0 Å². The van der Waals surface area contributed by atoms with Gasteiger partial charge in [0.2, 0.25) is 0 Å². The summed E-state index contributed by atoms with van der Waals surface area (Å²) in [6, 6.07) is -0.155. The largest absolute Gasteiger partial charge is 0.509 e. The van der Waals surface area contributed by atoms with Crippen LogP contribution in [0, 0.1) is 40.4 Å². The fourth-order valence-corrected chi connectivity index (χ4v) is 8.30. The number of fused-ring (bicyclic) bond motifs is 5. The summed E-state index contributed by atoms with van der Waals surface area (Å²) in [6.45, 7) is 6.72. The molecule has 0 aromatic heterocycles. The average Bonchev–Trinajstić information content (AvgIpc) is 2.99. The molecule has 0 heterocycles. The van der Waals surface area contributed by atoms with Crippen LogP contribution in [-0.2, 0) is 14.3 Å². The molecule has 2 unspecified atom stereocenters. The van der Waals surface area contributed by atoms with Gasteiger partial charge in [-0.3, -0.25) is 4.79 Å². The van der Waals surface area contributed by atoms with Gasteiger partial charge in [-0.1, -0.05) is 25.4 Å². The fraction of sp³-hybridized carbons (Fsp3) is 0.913. The molecule has 0 aromatic rings. The number of hydrogen-bond donors (Lipinski definition) is 0. The molecule has 0 spiro atoms. The fourth-order valence-electron chi connectivity index (χ4n) is 8.21. The summed E-state index contributed by atoms with van der Waals surface area (Å²) in [4.78, 5) is 23.9. The minimum absolute atomic E-state index is 0.0345. The van der Waals surface area contributed by atoms with Crippen molar-refractivity contribution in [3.05, 3.63) is 0 Å². The van der Waals surface area contributed by atoms with Crippen molar-refractivity contribution in [1.29, 1.82) is 0 Å².